The lowest BCUT2D eigenvalue weighted by atomic mass is 10.1. The van der Waals surface area contributed by atoms with E-state index in [0.717, 1.165) is 25.0 Å². The zero-order chi connectivity index (χ0) is 14.8. The molecule has 6 nitrogen and oxygen atoms in total. The van der Waals surface area contributed by atoms with E-state index in [1.165, 1.54) is 0 Å². The summed E-state index contributed by atoms with van der Waals surface area (Å²) in [7, 11) is 0. The van der Waals surface area contributed by atoms with Crippen molar-refractivity contribution < 1.29 is 14.8 Å². The lowest BCUT2D eigenvalue weighted by molar-refractivity contribution is -0.129. The Hall–Kier alpha value is -1.95. The average molecular weight is 279 g/mol. The zero-order valence-corrected chi connectivity index (χ0v) is 11.7. The number of amides is 2. The van der Waals surface area contributed by atoms with Crippen molar-refractivity contribution in [2.24, 2.45) is 0 Å². The van der Waals surface area contributed by atoms with Crippen molar-refractivity contribution in [3.8, 4) is 0 Å². The second kappa shape index (κ2) is 9.03. The number of rotatable bonds is 8. The summed E-state index contributed by atoms with van der Waals surface area (Å²) < 4.78 is 0. The molecular weight excluding hydrogens is 258 g/mol. The summed E-state index contributed by atoms with van der Waals surface area (Å²) in [4.78, 5) is 26.6. The summed E-state index contributed by atoms with van der Waals surface area (Å²) in [5, 5.41) is 11.1. The van der Waals surface area contributed by atoms with Gasteiger partial charge in [0.2, 0.25) is 11.8 Å². The molecule has 2 amide bonds. The van der Waals surface area contributed by atoms with Crippen LogP contribution in [-0.2, 0) is 9.59 Å². The molecule has 0 unspecified atom stereocenters. The van der Waals surface area contributed by atoms with Crippen molar-refractivity contribution >= 4 is 17.6 Å². The molecule has 0 aliphatic rings. The minimum atomic E-state index is -0.367. The van der Waals surface area contributed by atoms with Crippen molar-refractivity contribution in [1.29, 1.82) is 0 Å². The van der Waals surface area contributed by atoms with Gasteiger partial charge in [-0.2, -0.15) is 0 Å². The molecule has 20 heavy (non-hydrogen) atoms. The van der Waals surface area contributed by atoms with Gasteiger partial charge in [0.25, 0.3) is 0 Å². The highest BCUT2D eigenvalue weighted by Crippen LogP contribution is 2.08. The maximum atomic E-state index is 11.7. The molecule has 0 aromatic carbocycles. The molecule has 110 valence electrons. The lowest BCUT2D eigenvalue weighted by Crippen LogP contribution is -2.17. The van der Waals surface area contributed by atoms with E-state index in [0.29, 0.717) is 25.1 Å². The molecule has 0 radical (unpaired) electrons. The van der Waals surface area contributed by atoms with E-state index in [2.05, 4.69) is 10.3 Å². The van der Waals surface area contributed by atoms with Crippen LogP contribution in [0.2, 0.25) is 0 Å². The van der Waals surface area contributed by atoms with Crippen LogP contribution in [0.25, 0.3) is 0 Å². The Morgan fingerprint density at radius 2 is 1.75 bits per heavy atom. The Bertz CT molecular complexity index is 449. The summed E-state index contributed by atoms with van der Waals surface area (Å²) in [5.41, 5.74) is 2.46. The van der Waals surface area contributed by atoms with Gasteiger partial charge in [-0.05, 0) is 31.9 Å². The second-order valence-electron chi connectivity index (χ2n) is 4.66. The number of carbonyl (C=O) groups is 2. The third-order valence-electron chi connectivity index (χ3n) is 2.84. The molecule has 1 aromatic rings. The molecule has 0 spiro atoms. The Labute approximate surface area is 118 Å². The highest BCUT2D eigenvalue weighted by molar-refractivity contribution is 5.89. The molecule has 1 aromatic heterocycles. The van der Waals surface area contributed by atoms with Gasteiger partial charge in [-0.15, -0.1) is 0 Å². The van der Waals surface area contributed by atoms with Crippen LogP contribution in [0.5, 0.6) is 0 Å². The number of hydrogen-bond donors (Lipinski definition) is 3. The molecule has 0 aliphatic heterocycles. The molecule has 0 aliphatic carbocycles. The van der Waals surface area contributed by atoms with Gasteiger partial charge in [0.05, 0.1) is 0 Å². The number of hydrogen-bond acceptors (Lipinski definition) is 4. The minimum absolute atomic E-state index is 0.0452. The number of pyridine rings is 1. The molecule has 0 atom stereocenters. The Morgan fingerprint density at radius 3 is 2.35 bits per heavy atom. The largest absolute Gasteiger partial charge is 0.311 e. The van der Waals surface area contributed by atoms with Gasteiger partial charge < -0.3 is 5.32 Å². The molecule has 0 bridgehead atoms. The maximum absolute atomic E-state index is 11.7. The SMILES string of the molecule is Cc1cccc(NC(=O)CCCCCCC(=O)NO)n1. The Balaban J connectivity index is 2.10. The average Bonchev–Trinajstić information content (AvgIpc) is 2.42. The van der Waals surface area contributed by atoms with Crippen molar-refractivity contribution in [3.63, 3.8) is 0 Å². The highest BCUT2D eigenvalue weighted by Gasteiger charge is 2.04. The Kier molecular flexibility index (Phi) is 7.27. The van der Waals surface area contributed by atoms with E-state index < -0.39 is 0 Å². The van der Waals surface area contributed by atoms with Crippen LogP contribution in [0.15, 0.2) is 18.2 Å². The fourth-order valence-corrected chi connectivity index (χ4v) is 1.80. The van der Waals surface area contributed by atoms with Crippen molar-refractivity contribution in [1.82, 2.24) is 10.5 Å². The highest BCUT2D eigenvalue weighted by atomic mass is 16.5. The van der Waals surface area contributed by atoms with Crippen LogP contribution in [0.4, 0.5) is 5.82 Å². The van der Waals surface area contributed by atoms with Crippen molar-refractivity contribution in [3.05, 3.63) is 23.9 Å². The van der Waals surface area contributed by atoms with Crippen LogP contribution in [0, 0.1) is 6.92 Å². The van der Waals surface area contributed by atoms with E-state index in [-0.39, 0.29) is 11.8 Å². The normalized spacial score (nSPS) is 10.1. The zero-order valence-electron chi connectivity index (χ0n) is 11.7. The van der Waals surface area contributed by atoms with Gasteiger partial charge in [0.15, 0.2) is 0 Å². The lowest BCUT2D eigenvalue weighted by Gasteiger charge is -2.05. The molecule has 0 saturated heterocycles. The van der Waals surface area contributed by atoms with Crippen LogP contribution < -0.4 is 10.8 Å². The topological polar surface area (TPSA) is 91.3 Å². The molecule has 6 heteroatoms. The van der Waals surface area contributed by atoms with Gasteiger partial charge in [-0.1, -0.05) is 18.9 Å². The van der Waals surface area contributed by atoms with Crippen LogP contribution in [-0.4, -0.2) is 22.0 Å². The second-order valence-corrected chi connectivity index (χ2v) is 4.66. The number of aromatic nitrogens is 1. The molecule has 3 N–H and O–H groups in total. The number of carbonyl (C=O) groups excluding carboxylic acids is 2. The predicted molar refractivity (Wildman–Crippen MR) is 75.2 cm³/mol. The fourth-order valence-electron chi connectivity index (χ4n) is 1.80. The molecule has 1 heterocycles. The third kappa shape index (κ3) is 6.84. The minimum Gasteiger partial charge on any atom is -0.311 e. The first-order valence-corrected chi connectivity index (χ1v) is 6.78. The van der Waals surface area contributed by atoms with Crippen LogP contribution in [0.1, 0.15) is 44.2 Å². The third-order valence-corrected chi connectivity index (χ3v) is 2.84. The van der Waals surface area contributed by atoms with E-state index in [1.54, 1.807) is 11.5 Å². The number of aryl methyl sites for hydroxylation is 1. The Morgan fingerprint density at radius 1 is 1.10 bits per heavy atom. The molecule has 0 saturated carbocycles. The summed E-state index contributed by atoms with van der Waals surface area (Å²) in [5.74, 6) is 0.166. The van der Waals surface area contributed by atoms with Gasteiger partial charge in [-0.3, -0.25) is 14.8 Å². The van der Waals surface area contributed by atoms with E-state index in [4.69, 9.17) is 5.21 Å². The summed E-state index contributed by atoms with van der Waals surface area (Å²) in [6.07, 6.45) is 4.00. The van der Waals surface area contributed by atoms with Gasteiger partial charge in [-0.25, -0.2) is 10.5 Å². The molecule has 1 rings (SSSR count). The summed E-state index contributed by atoms with van der Waals surface area (Å²) in [6, 6.07) is 5.49. The van der Waals surface area contributed by atoms with E-state index >= 15 is 0 Å². The van der Waals surface area contributed by atoms with E-state index in [9.17, 15) is 9.59 Å². The summed E-state index contributed by atoms with van der Waals surface area (Å²) >= 11 is 0. The molecule has 0 fully saturated rings. The number of hydroxylamine groups is 1. The fraction of sp³-hybridized carbons (Fsp3) is 0.500. The summed E-state index contributed by atoms with van der Waals surface area (Å²) in [6.45, 7) is 1.87. The molecular formula is C14H21N3O3. The quantitative estimate of drug-likeness (QED) is 0.386. The van der Waals surface area contributed by atoms with E-state index in [1.807, 2.05) is 19.1 Å². The predicted octanol–water partition coefficient (Wildman–Crippen LogP) is 2.17. The first-order valence-electron chi connectivity index (χ1n) is 6.78. The van der Waals surface area contributed by atoms with Gasteiger partial charge >= 0.3 is 0 Å². The first kappa shape index (κ1) is 16.1. The van der Waals surface area contributed by atoms with Gasteiger partial charge in [0, 0.05) is 18.5 Å². The monoisotopic (exact) mass is 279 g/mol. The maximum Gasteiger partial charge on any atom is 0.243 e. The van der Waals surface area contributed by atoms with Gasteiger partial charge in [0.1, 0.15) is 5.82 Å². The van der Waals surface area contributed by atoms with Crippen LogP contribution in [0.3, 0.4) is 0 Å². The number of anilines is 1. The standard InChI is InChI=1S/C14H21N3O3/c1-11-7-6-8-12(15-11)16-13(18)9-4-2-3-5-10-14(19)17-20/h6-8,20H,2-5,9-10H2,1H3,(H,17,19)(H,15,16,18). The van der Waals surface area contributed by atoms with Crippen LogP contribution >= 0.6 is 0 Å². The smallest absolute Gasteiger partial charge is 0.243 e. The van der Waals surface area contributed by atoms with Crippen molar-refractivity contribution in [2.45, 2.75) is 45.4 Å². The number of unbranched alkanes of at least 4 members (excludes halogenated alkanes) is 3. The number of nitrogens with zero attached hydrogens (tertiary/aromatic N) is 1. The van der Waals surface area contributed by atoms with Crippen molar-refractivity contribution in [2.75, 3.05) is 5.32 Å². The first-order chi connectivity index (χ1) is 9.61. The number of nitrogens with one attached hydrogen (secondary N) is 2.